The molecule has 9 aromatic rings. The lowest BCUT2D eigenvalue weighted by Gasteiger charge is -2.28. The quantitative estimate of drug-likeness (QED) is 0.149. The van der Waals surface area contributed by atoms with Crippen molar-refractivity contribution in [2.75, 3.05) is 4.90 Å². The van der Waals surface area contributed by atoms with Crippen molar-refractivity contribution in [3.8, 4) is 61.6 Å². The van der Waals surface area contributed by atoms with Gasteiger partial charge < -0.3 is 5.11 Å². The van der Waals surface area contributed by atoms with Crippen molar-refractivity contribution < 1.29 is 5.11 Å². The van der Waals surface area contributed by atoms with Gasteiger partial charge in [-0.15, -0.1) is 0 Å². The Labute approximate surface area is 371 Å². The van der Waals surface area contributed by atoms with Gasteiger partial charge in [-0.05, 0) is 128 Å². The molecule has 6 aromatic carbocycles. The molecule has 63 heavy (non-hydrogen) atoms. The highest BCUT2D eigenvalue weighted by Gasteiger charge is 2.25. The number of para-hydroxylation sites is 1. The molecule has 1 N–H and O–H groups in total. The summed E-state index contributed by atoms with van der Waals surface area (Å²) in [6.45, 7) is 11.2. The van der Waals surface area contributed by atoms with Crippen molar-refractivity contribution in [3.05, 3.63) is 223 Å². The van der Waals surface area contributed by atoms with Gasteiger partial charge in [0.25, 0.3) is 0 Å². The molecule has 5 nitrogen and oxygen atoms in total. The summed E-state index contributed by atoms with van der Waals surface area (Å²) in [6.07, 6.45) is 5.67. The predicted molar refractivity (Wildman–Crippen MR) is 261 cm³/mol. The Morgan fingerprint density at radius 1 is 0.429 bits per heavy atom. The van der Waals surface area contributed by atoms with Crippen LogP contribution in [-0.2, 0) is 10.8 Å². The minimum Gasteiger partial charge on any atom is -0.507 e. The zero-order valence-corrected chi connectivity index (χ0v) is 36.4. The van der Waals surface area contributed by atoms with Crippen LogP contribution in [0.15, 0.2) is 207 Å². The molecule has 0 aliphatic carbocycles. The fourth-order valence-electron chi connectivity index (χ4n) is 8.18. The second-order valence-corrected chi connectivity index (χ2v) is 17.6. The first-order valence-electron chi connectivity index (χ1n) is 21.5. The summed E-state index contributed by atoms with van der Waals surface area (Å²) in [5, 5.41) is 11.6. The summed E-state index contributed by atoms with van der Waals surface area (Å²) >= 11 is 0. The molecule has 308 valence electrons. The van der Waals surface area contributed by atoms with E-state index in [-0.39, 0.29) is 16.6 Å². The van der Waals surface area contributed by atoms with E-state index in [1.165, 1.54) is 11.1 Å². The number of phenolic OH excluding ortho intramolecular Hbond substituents is 1. The van der Waals surface area contributed by atoms with E-state index in [0.717, 1.165) is 67.4 Å². The first kappa shape index (κ1) is 40.8. The van der Waals surface area contributed by atoms with E-state index in [4.69, 9.17) is 9.97 Å². The molecule has 0 spiro atoms. The largest absolute Gasteiger partial charge is 0.507 e. The Balaban J connectivity index is 1.17. The summed E-state index contributed by atoms with van der Waals surface area (Å²) in [5.74, 6) is 0.975. The Hall–Kier alpha value is -7.63. The normalized spacial score (nSPS) is 11.6. The molecule has 3 aromatic heterocycles. The van der Waals surface area contributed by atoms with Crippen molar-refractivity contribution in [3.63, 3.8) is 0 Å². The van der Waals surface area contributed by atoms with Crippen LogP contribution in [0.25, 0.3) is 55.9 Å². The van der Waals surface area contributed by atoms with Crippen molar-refractivity contribution in [2.45, 2.75) is 45.4 Å². The number of hydrogen-bond donors (Lipinski definition) is 1. The molecular formula is C58H50N4O. The lowest BCUT2D eigenvalue weighted by atomic mass is 9.78. The molecule has 9 rings (SSSR count). The highest BCUT2D eigenvalue weighted by Crippen LogP contribution is 2.42. The van der Waals surface area contributed by atoms with Crippen LogP contribution in [0.3, 0.4) is 0 Å². The summed E-state index contributed by atoms with van der Waals surface area (Å²) in [6, 6.07) is 65.0. The number of hydrogen-bond acceptors (Lipinski definition) is 5. The van der Waals surface area contributed by atoms with Gasteiger partial charge in [0.1, 0.15) is 11.6 Å². The zero-order valence-electron chi connectivity index (χ0n) is 36.4. The third-order valence-electron chi connectivity index (χ3n) is 12.0. The van der Waals surface area contributed by atoms with Crippen LogP contribution < -0.4 is 4.90 Å². The summed E-state index contributed by atoms with van der Waals surface area (Å²) < 4.78 is 0. The molecule has 0 fully saturated rings. The average molecular weight is 819 g/mol. The molecule has 0 saturated heterocycles. The second kappa shape index (κ2) is 17.0. The molecule has 3 heterocycles. The maximum absolute atomic E-state index is 11.6. The van der Waals surface area contributed by atoms with Crippen LogP contribution in [0.5, 0.6) is 5.75 Å². The number of phenols is 1. The third kappa shape index (κ3) is 8.64. The lowest BCUT2D eigenvalue weighted by molar-refractivity contribution is 0.477. The number of benzene rings is 6. The van der Waals surface area contributed by atoms with Crippen molar-refractivity contribution in [1.29, 1.82) is 0 Å². The van der Waals surface area contributed by atoms with E-state index in [1.807, 2.05) is 79.3 Å². The standard InChI is InChI=1S/C58H50N4O/c1-57(2,3)49-32-46(53-34-45(41-18-11-7-12-19-41)35-54(61-53)52-28-25-43(36-55(52)63)40-16-9-6-10-17-40)33-51(38-49)62(50-21-13-8-14-22-50)56-37-44(29-31-60-56)42-23-26-47(27-24-42)58(4,5)48-20-15-30-59-39-48/h6-39,63H,1-5H3. The van der Waals surface area contributed by atoms with Gasteiger partial charge in [0.05, 0.1) is 11.4 Å². The SMILES string of the molecule is CC(C)(C)c1cc(-c2cc(-c3ccccc3)cc(-c3ccc(-c4ccccc4)cc3O)n2)cc(N(c2ccccc2)c2cc(-c3ccc(C(C)(C)c4cccnc4)cc3)ccn2)c1. The van der Waals surface area contributed by atoms with Crippen LogP contribution in [0.4, 0.5) is 17.2 Å². The minimum absolute atomic E-state index is 0.178. The maximum Gasteiger partial charge on any atom is 0.138 e. The molecule has 0 bridgehead atoms. The highest BCUT2D eigenvalue weighted by atomic mass is 16.3. The highest BCUT2D eigenvalue weighted by molar-refractivity contribution is 5.84. The van der Waals surface area contributed by atoms with Gasteiger partial charge >= 0.3 is 0 Å². The van der Waals surface area contributed by atoms with Crippen molar-refractivity contribution in [1.82, 2.24) is 15.0 Å². The van der Waals surface area contributed by atoms with Crippen LogP contribution in [-0.4, -0.2) is 20.1 Å². The van der Waals surface area contributed by atoms with Gasteiger partial charge in [0.15, 0.2) is 0 Å². The fourth-order valence-corrected chi connectivity index (χ4v) is 8.18. The molecule has 0 unspecified atom stereocenters. The number of aromatic nitrogens is 3. The Morgan fingerprint density at radius 2 is 1.05 bits per heavy atom. The topological polar surface area (TPSA) is 62.1 Å². The molecule has 0 radical (unpaired) electrons. The summed E-state index contributed by atoms with van der Waals surface area (Å²) in [5.41, 5.74) is 14.5. The minimum atomic E-state index is -0.195. The number of rotatable bonds is 10. The van der Waals surface area contributed by atoms with Gasteiger partial charge in [0, 0.05) is 46.5 Å². The van der Waals surface area contributed by atoms with Gasteiger partial charge in [0.2, 0.25) is 0 Å². The fraction of sp³-hybridized carbons (Fsp3) is 0.121. The Kier molecular flexibility index (Phi) is 11.0. The average Bonchev–Trinajstić information content (AvgIpc) is 3.32. The first-order valence-corrected chi connectivity index (χ1v) is 21.5. The van der Waals surface area contributed by atoms with Crippen LogP contribution in [0.1, 0.15) is 51.3 Å². The number of aromatic hydroxyl groups is 1. The van der Waals surface area contributed by atoms with E-state index in [2.05, 4.69) is 172 Å². The van der Waals surface area contributed by atoms with Gasteiger partial charge in [-0.2, -0.15) is 0 Å². The Morgan fingerprint density at radius 3 is 1.70 bits per heavy atom. The molecule has 0 amide bonds. The molecule has 0 atom stereocenters. The van der Waals surface area contributed by atoms with Crippen molar-refractivity contribution >= 4 is 17.2 Å². The summed E-state index contributed by atoms with van der Waals surface area (Å²) in [4.78, 5) is 17.0. The van der Waals surface area contributed by atoms with Crippen LogP contribution in [0, 0.1) is 0 Å². The van der Waals surface area contributed by atoms with E-state index in [1.54, 1.807) is 0 Å². The number of anilines is 3. The van der Waals surface area contributed by atoms with E-state index < -0.39 is 0 Å². The molecular weight excluding hydrogens is 769 g/mol. The van der Waals surface area contributed by atoms with E-state index >= 15 is 0 Å². The molecule has 0 saturated carbocycles. The summed E-state index contributed by atoms with van der Waals surface area (Å²) in [7, 11) is 0. The number of pyridine rings is 3. The Bertz CT molecular complexity index is 3000. The maximum atomic E-state index is 11.6. The van der Waals surface area contributed by atoms with E-state index in [9.17, 15) is 5.11 Å². The van der Waals surface area contributed by atoms with Gasteiger partial charge in [-0.3, -0.25) is 9.88 Å². The first-order chi connectivity index (χ1) is 30.5. The molecule has 5 heteroatoms. The second-order valence-electron chi connectivity index (χ2n) is 17.6. The van der Waals surface area contributed by atoms with Crippen molar-refractivity contribution in [2.24, 2.45) is 0 Å². The van der Waals surface area contributed by atoms with Crippen LogP contribution >= 0.6 is 0 Å². The monoisotopic (exact) mass is 818 g/mol. The number of nitrogens with zero attached hydrogens (tertiary/aromatic N) is 4. The zero-order chi connectivity index (χ0) is 43.6. The smallest absolute Gasteiger partial charge is 0.138 e. The van der Waals surface area contributed by atoms with Gasteiger partial charge in [-0.1, -0.05) is 150 Å². The van der Waals surface area contributed by atoms with Gasteiger partial charge in [-0.25, -0.2) is 9.97 Å². The molecule has 0 aliphatic rings. The third-order valence-corrected chi connectivity index (χ3v) is 12.0. The van der Waals surface area contributed by atoms with Crippen LogP contribution in [0.2, 0.25) is 0 Å². The lowest BCUT2D eigenvalue weighted by Crippen LogP contribution is -2.18. The molecule has 0 aliphatic heterocycles. The van der Waals surface area contributed by atoms with E-state index in [0.29, 0.717) is 11.3 Å². The predicted octanol–water partition coefficient (Wildman–Crippen LogP) is 15.0.